The number of nitrogens with one attached hydrogen (secondary N) is 2. The van der Waals surface area contributed by atoms with E-state index in [0.717, 1.165) is 18.6 Å². The molecule has 6 nitrogen and oxygen atoms in total. The minimum Gasteiger partial charge on any atom is -0.494 e. The Balaban J connectivity index is 1.72. The van der Waals surface area contributed by atoms with Gasteiger partial charge in [-0.05, 0) is 62.2 Å². The number of amides is 1. The third-order valence-electron chi connectivity index (χ3n) is 3.73. The maximum atomic E-state index is 12.4. The van der Waals surface area contributed by atoms with E-state index in [0.29, 0.717) is 12.3 Å². The van der Waals surface area contributed by atoms with Gasteiger partial charge < -0.3 is 10.1 Å². The summed E-state index contributed by atoms with van der Waals surface area (Å²) in [5.74, 6) is 0.354. The van der Waals surface area contributed by atoms with Gasteiger partial charge in [0.1, 0.15) is 5.75 Å². The molecule has 0 aromatic heterocycles. The summed E-state index contributed by atoms with van der Waals surface area (Å²) in [5.41, 5.74) is 0.894. The second-order valence-electron chi connectivity index (χ2n) is 5.83. The van der Waals surface area contributed by atoms with Crippen LogP contribution in [0.1, 0.15) is 30.1 Å². The number of anilines is 1. The Morgan fingerprint density at radius 3 is 2.52 bits per heavy atom. The SMILES string of the molecule is CCOc1ccc(NC(=O)c2cccc(S(=O)(=O)NC3CC3)c2)cc1. The smallest absolute Gasteiger partial charge is 0.255 e. The number of carbonyl (C=O) groups excluding carboxylic acids is 1. The summed E-state index contributed by atoms with van der Waals surface area (Å²) in [6.07, 6.45) is 1.72. The lowest BCUT2D eigenvalue weighted by Crippen LogP contribution is -2.26. The summed E-state index contributed by atoms with van der Waals surface area (Å²) >= 11 is 0. The molecule has 1 amide bonds. The van der Waals surface area contributed by atoms with Gasteiger partial charge in [-0.1, -0.05) is 6.07 Å². The van der Waals surface area contributed by atoms with Gasteiger partial charge in [-0.3, -0.25) is 4.79 Å². The highest BCUT2D eigenvalue weighted by molar-refractivity contribution is 7.89. The lowest BCUT2D eigenvalue weighted by molar-refractivity contribution is 0.102. The summed E-state index contributed by atoms with van der Waals surface area (Å²) in [4.78, 5) is 12.5. The molecule has 0 bridgehead atoms. The van der Waals surface area contributed by atoms with Gasteiger partial charge in [-0.2, -0.15) is 0 Å². The highest BCUT2D eigenvalue weighted by atomic mass is 32.2. The molecule has 25 heavy (non-hydrogen) atoms. The van der Waals surface area contributed by atoms with Crippen LogP contribution in [0, 0.1) is 0 Å². The molecule has 0 spiro atoms. The number of benzene rings is 2. The van der Waals surface area contributed by atoms with Gasteiger partial charge in [0.15, 0.2) is 0 Å². The van der Waals surface area contributed by atoms with Gasteiger partial charge >= 0.3 is 0 Å². The fraction of sp³-hybridized carbons (Fsp3) is 0.278. The average molecular weight is 360 g/mol. The second kappa shape index (κ2) is 7.25. The lowest BCUT2D eigenvalue weighted by atomic mass is 10.2. The molecule has 1 aliphatic rings. The molecule has 1 fully saturated rings. The van der Waals surface area contributed by atoms with Gasteiger partial charge in [0.25, 0.3) is 5.91 Å². The molecular weight excluding hydrogens is 340 g/mol. The highest BCUT2D eigenvalue weighted by Crippen LogP contribution is 2.23. The van der Waals surface area contributed by atoms with Crippen LogP contribution in [0.5, 0.6) is 5.75 Å². The molecule has 1 saturated carbocycles. The number of carbonyl (C=O) groups is 1. The summed E-state index contributed by atoms with van der Waals surface area (Å²) in [7, 11) is -3.58. The summed E-state index contributed by atoms with van der Waals surface area (Å²) in [5, 5.41) is 2.75. The number of hydrogen-bond donors (Lipinski definition) is 2. The Bertz CT molecular complexity index is 859. The van der Waals surface area contributed by atoms with Crippen molar-refractivity contribution in [2.24, 2.45) is 0 Å². The minimum atomic E-state index is -3.58. The first kappa shape index (κ1) is 17.4. The molecule has 0 radical (unpaired) electrons. The zero-order chi connectivity index (χ0) is 17.9. The van der Waals surface area contributed by atoms with E-state index in [1.807, 2.05) is 6.92 Å². The standard InChI is InChI=1S/C18H20N2O4S/c1-2-24-16-10-8-14(9-11-16)19-18(21)13-4-3-5-17(12-13)25(22,23)20-15-6-7-15/h3-5,8-12,15,20H,2,6-7H2,1H3,(H,19,21). The predicted octanol–water partition coefficient (Wildman–Crippen LogP) is 2.78. The van der Waals surface area contributed by atoms with Crippen molar-refractivity contribution in [3.63, 3.8) is 0 Å². The Hall–Kier alpha value is -2.38. The van der Waals surface area contributed by atoms with E-state index in [1.54, 1.807) is 36.4 Å². The molecule has 0 atom stereocenters. The minimum absolute atomic E-state index is 0.0198. The maximum absolute atomic E-state index is 12.4. The Kier molecular flexibility index (Phi) is 5.06. The van der Waals surface area contributed by atoms with Crippen molar-refractivity contribution in [3.05, 3.63) is 54.1 Å². The van der Waals surface area contributed by atoms with Crippen molar-refractivity contribution < 1.29 is 17.9 Å². The van der Waals surface area contributed by atoms with Gasteiger partial charge in [0.05, 0.1) is 11.5 Å². The van der Waals surface area contributed by atoms with Crippen LogP contribution >= 0.6 is 0 Å². The van der Waals surface area contributed by atoms with Crippen molar-refractivity contribution in [3.8, 4) is 5.75 Å². The molecular formula is C18H20N2O4S. The zero-order valence-corrected chi connectivity index (χ0v) is 14.7. The van der Waals surface area contributed by atoms with E-state index in [1.165, 1.54) is 12.1 Å². The highest BCUT2D eigenvalue weighted by Gasteiger charge is 2.28. The van der Waals surface area contributed by atoms with E-state index in [4.69, 9.17) is 4.74 Å². The van der Waals surface area contributed by atoms with E-state index in [2.05, 4.69) is 10.0 Å². The van der Waals surface area contributed by atoms with Crippen molar-refractivity contribution in [1.82, 2.24) is 4.72 Å². The topological polar surface area (TPSA) is 84.5 Å². The molecule has 0 saturated heterocycles. The van der Waals surface area contributed by atoms with Crippen LogP contribution in [-0.4, -0.2) is 27.0 Å². The number of hydrogen-bond acceptors (Lipinski definition) is 4. The number of rotatable bonds is 7. The Labute approximate surface area is 147 Å². The Morgan fingerprint density at radius 2 is 1.88 bits per heavy atom. The molecule has 3 rings (SSSR count). The third-order valence-corrected chi connectivity index (χ3v) is 5.25. The van der Waals surface area contributed by atoms with Crippen molar-refractivity contribution in [2.45, 2.75) is 30.7 Å². The summed E-state index contributed by atoms with van der Waals surface area (Å²) < 4.78 is 32.5. The third kappa shape index (κ3) is 4.58. The van der Waals surface area contributed by atoms with Crippen LogP contribution < -0.4 is 14.8 Å². The molecule has 7 heteroatoms. The van der Waals surface area contributed by atoms with Crippen LogP contribution in [0.4, 0.5) is 5.69 Å². The fourth-order valence-corrected chi connectivity index (χ4v) is 3.65. The van der Waals surface area contributed by atoms with E-state index in [-0.39, 0.29) is 22.4 Å². The van der Waals surface area contributed by atoms with Crippen LogP contribution in [0.3, 0.4) is 0 Å². The summed E-state index contributed by atoms with van der Waals surface area (Å²) in [6, 6.07) is 13.0. The van der Waals surface area contributed by atoms with E-state index >= 15 is 0 Å². The normalized spacial score (nSPS) is 14.1. The van der Waals surface area contributed by atoms with Crippen LogP contribution in [0.15, 0.2) is 53.4 Å². The quantitative estimate of drug-likeness (QED) is 0.795. The lowest BCUT2D eigenvalue weighted by Gasteiger charge is -2.09. The monoisotopic (exact) mass is 360 g/mol. The number of sulfonamides is 1. The average Bonchev–Trinajstić information content (AvgIpc) is 3.40. The number of ether oxygens (including phenoxy) is 1. The van der Waals surface area contributed by atoms with Crippen LogP contribution in [-0.2, 0) is 10.0 Å². The molecule has 2 aromatic carbocycles. The Morgan fingerprint density at radius 1 is 1.16 bits per heavy atom. The van der Waals surface area contributed by atoms with Crippen molar-refractivity contribution >= 4 is 21.6 Å². The molecule has 0 unspecified atom stereocenters. The fourth-order valence-electron chi connectivity index (χ4n) is 2.30. The molecule has 2 aromatic rings. The second-order valence-corrected chi connectivity index (χ2v) is 7.55. The molecule has 0 aliphatic heterocycles. The maximum Gasteiger partial charge on any atom is 0.255 e. The molecule has 0 heterocycles. The van der Waals surface area contributed by atoms with Gasteiger partial charge in [0.2, 0.25) is 10.0 Å². The first-order valence-electron chi connectivity index (χ1n) is 8.14. The van der Waals surface area contributed by atoms with Gasteiger partial charge in [-0.15, -0.1) is 0 Å². The largest absolute Gasteiger partial charge is 0.494 e. The van der Waals surface area contributed by atoms with E-state index < -0.39 is 10.0 Å². The molecule has 132 valence electrons. The molecule has 1 aliphatic carbocycles. The predicted molar refractivity (Wildman–Crippen MR) is 95.3 cm³/mol. The zero-order valence-electron chi connectivity index (χ0n) is 13.9. The van der Waals surface area contributed by atoms with Crippen LogP contribution in [0.25, 0.3) is 0 Å². The van der Waals surface area contributed by atoms with Crippen molar-refractivity contribution in [1.29, 1.82) is 0 Å². The van der Waals surface area contributed by atoms with E-state index in [9.17, 15) is 13.2 Å². The van der Waals surface area contributed by atoms with Crippen LogP contribution in [0.2, 0.25) is 0 Å². The first-order chi connectivity index (χ1) is 12.0. The summed E-state index contributed by atoms with van der Waals surface area (Å²) in [6.45, 7) is 2.47. The van der Waals surface area contributed by atoms with Crippen molar-refractivity contribution in [2.75, 3.05) is 11.9 Å². The van der Waals surface area contributed by atoms with Gasteiger partial charge in [0, 0.05) is 17.3 Å². The molecule has 2 N–H and O–H groups in total. The first-order valence-corrected chi connectivity index (χ1v) is 9.63. The van der Waals surface area contributed by atoms with Gasteiger partial charge in [-0.25, -0.2) is 13.1 Å².